The van der Waals surface area contributed by atoms with Crippen molar-refractivity contribution in [2.75, 3.05) is 26.8 Å². The van der Waals surface area contributed by atoms with Gasteiger partial charge in [0, 0.05) is 12.6 Å². The van der Waals surface area contributed by atoms with E-state index in [9.17, 15) is 4.79 Å². The second-order valence-electron chi connectivity index (χ2n) is 6.08. The van der Waals surface area contributed by atoms with Gasteiger partial charge in [0.05, 0.1) is 19.1 Å². The van der Waals surface area contributed by atoms with Crippen LogP contribution in [0.3, 0.4) is 0 Å². The summed E-state index contributed by atoms with van der Waals surface area (Å²) >= 11 is 0. The Bertz CT molecular complexity index is 288. The van der Waals surface area contributed by atoms with Crippen LogP contribution in [0.5, 0.6) is 0 Å². The van der Waals surface area contributed by atoms with E-state index in [2.05, 4.69) is 17.6 Å². The predicted octanol–water partition coefficient (Wildman–Crippen LogP) is 1.55. The fraction of sp³-hybridized carbons (Fsp3) is 0.933. The molecular formula is C15H28N2O2. The Morgan fingerprint density at radius 2 is 1.84 bits per heavy atom. The molecule has 1 aliphatic heterocycles. The minimum Gasteiger partial charge on any atom is -0.379 e. The largest absolute Gasteiger partial charge is 0.379 e. The first-order valence-electron chi connectivity index (χ1n) is 7.77. The molecule has 0 bridgehead atoms. The third-order valence-corrected chi connectivity index (χ3v) is 4.90. The SMILES string of the molecule is CCC1CCC(CNC(=O)C2COCC2NC)CC1. The van der Waals surface area contributed by atoms with E-state index in [0.717, 1.165) is 12.5 Å². The van der Waals surface area contributed by atoms with Gasteiger partial charge in [-0.15, -0.1) is 0 Å². The number of carbonyl (C=O) groups excluding carboxylic acids is 1. The predicted molar refractivity (Wildman–Crippen MR) is 75.9 cm³/mol. The maximum atomic E-state index is 12.1. The van der Waals surface area contributed by atoms with E-state index < -0.39 is 0 Å². The zero-order valence-electron chi connectivity index (χ0n) is 12.3. The Morgan fingerprint density at radius 3 is 2.47 bits per heavy atom. The Morgan fingerprint density at radius 1 is 1.16 bits per heavy atom. The van der Waals surface area contributed by atoms with E-state index in [-0.39, 0.29) is 17.9 Å². The summed E-state index contributed by atoms with van der Waals surface area (Å²) in [5.74, 6) is 1.75. The van der Waals surface area contributed by atoms with Gasteiger partial charge in [-0.05, 0) is 31.7 Å². The van der Waals surface area contributed by atoms with Crippen molar-refractivity contribution in [1.29, 1.82) is 0 Å². The van der Waals surface area contributed by atoms with Gasteiger partial charge in [0.15, 0.2) is 0 Å². The first kappa shape index (κ1) is 14.8. The molecule has 110 valence electrons. The van der Waals surface area contributed by atoms with Crippen LogP contribution in [-0.2, 0) is 9.53 Å². The van der Waals surface area contributed by atoms with Gasteiger partial charge in [-0.1, -0.05) is 26.2 Å². The summed E-state index contributed by atoms with van der Waals surface area (Å²) in [6, 6.07) is 0.177. The van der Waals surface area contributed by atoms with Gasteiger partial charge in [-0.25, -0.2) is 0 Å². The third-order valence-electron chi connectivity index (χ3n) is 4.90. The summed E-state index contributed by atoms with van der Waals surface area (Å²) in [4.78, 5) is 12.1. The molecule has 1 saturated heterocycles. The summed E-state index contributed by atoms with van der Waals surface area (Å²) in [7, 11) is 1.89. The fourth-order valence-corrected chi connectivity index (χ4v) is 3.32. The zero-order chi connectivity index (χ0) is 13.7. The summed E-state index contributed by atoms with van der Waals surface area (Å²) in [5, 5.41) is 6.29. The quantitative estimate of drug-likeness (QED) is 0.795. The summed E-state index contributed by atoms with van der Waals surface area (Å²) in [6.07, 6.45) is 6.53. The van der Waals surface area contributed by atoms with Crippen LogP contribution in [0, 0.1) is 17.8 Å². The second-order valence-corrected chi connectivity index (χ2v) is 6.08. The van der Waals surface area contributed by atoms with Crippen LogP contribution in [0.15, 0.2) is 0 Å². The van der Waals surface area contributed by atoms with Crippen molar-refractivity contribution >= 4 is 5.91 Å². The van der Waals surface area contributed by atoms with E-state index in [0.29, 0.717) is 19.1 Å². The average Bonchev–Trinajstić information content (AvgIpc) is 2.93. The van der Waals surface area contributed by atoms with Crippen LogP contribution >= 0.6 is 0 Å². The molecule has 1 amide bonds. The normalized spacial score (nSPS) is 35.3. The third kappa shape index (κ3) is 3.93. The van der Waals surface area contributed by atoms with E-state index in [1.807, 2.05) is 7.05 Å². The summed E-state index contributed by atoms with van der Waals surface area (Å²) < 4.78 is 5.38. The number of amides is 1. The minimum absolute atomic E-state index is 0.0167. The van der Waals surface area contributed by atoms with E-state index in [1.54, 1.807) is 0 Å². The van der Waals surface area contributed by atoms with Gasteiger partial charge in [-0.2, -0.15) is 0 Å². The number of hydrogen-bond donors (Lipinski definition) is 2. The molecule has 19 heavy (non-hydrogen) atoms. The van der Waals surface area contributed by atoms with Crippen molar-refractivity contribution < 1.29 is 9.53 Å². The molecule has 2 atom stereocenters. The number of likely N-dealkylation sites (N-methyl/N-ethyl adjacent to an activating group) is 1. The molecule has 0 aromatic rings. The van der Waals surface area contributed by atoms with Gasteiger partial charge in [-0.3, -0.25) is 4.79 Å². The molecule has 4 nitrogen and oxygen atoms in total. The fourth-order valence-electron chi connectivity index (χ4n) is 3.32. The Labute approximate surface area is 116 Å². The van der Waals surface area contributed by atoms with Crippen LogP contribution in [0.2, 0.25) is 0 Å². The zero-order valence-corrected chi connectivity index (χ0v) is 12.3. The van der Waals surface area contributed by atoms with Crippen molar-refractivity contribution in [2.45, 2.75) is 45.1 Å². The lowest BCUT2D eigenvalue weighted by Gasteiger charge is -2.28. The number of ether oxygens (including phenoxy) is 1. The highest BCUT2D eigenvalue weighted by Crippen LogP contribution is 2.30. The highest BCUT2D eigenvalue weighted by atomic mass is 16.5. The smallest absolute Gasteiger partial charge is 0.227 e. The molecule has 0 aromatic carbocycles. The summed E-state index contributed by atoms with van der Waals surface area (Å²) in [6.45, 7) is 4.34. The van der Waals surface area contributed by atoms with Crippen LogP contribution in [-0.4, -0.2) is 38.8 Å². The van der Waals surface area contributed by atoms with E-state index >= 15 is 0 Å². The maximum absolute atomic E-state index is 12.1. The molecule has 2 unspecified atom stereocenters. The molecule has 2 fully saturated rings. The first-order chi connectivity index (χ1) is 9.24. The molecule has 2 N–H and O–H groups in total. The number of nitrogens with one attached hydrogen (secondary N) is 2. The molecular weight excluding hydrogens is 240 g/mol. The Hall–Kier alpha value is -0.610. The number of carbonyl (C=O) groups is 1. The van der Waals surface area contributed by atoms with Crippen LogP contribution < -0.4 is 10.6 Å². The van der Waals surface area contributed by atoms with E-state index in [1.165, 1.54) is 32.1 Å². The standard InChI is InChI=1S/C15H28N2O2/c1-3-11-4-6-12(7-5-11)8-17-15(18)13-9-19-10-14(13)16-2/h11-14,16H,3-10H2,1-2H3,(H,17,18). The Kier molecular flexibility index (Phi) is 5.64. The molecule has 0 spiro atoms. The lowest BCUT2D eigenvalue weighted by molar-refractivity contribution is -0.125. The van der Waals surface area contributed by atoms with Crippen LogP contribution in [0.25, 0.3) is 0 Å². The highest BCUT2D eigenvalue weighted by Gasteiger charge is 2.33. The Balaban J connectivity index is 1.69. The van der Waals surface area contributed by atoms with Gasteiger partial charge in [0.2, 0.25) is 5.91 Å². The van der Waals surface area contributed by atoms with Gasteiger partial charge >= 0.3 is 0 Å². The van der Waals surface area contributed by atoms with Crippen LogP contribution in [0.1, 0.15) is 39.0 Å². The first-order valence-corrected chi connectivity index (χ1v) is 7.77. The molecule has 2 rings (SSSR count). The lowest BCUT2D eigenvalue weighted by atomic mass is 9.81. The van der Waals surface area contributed by atoms with Crippen molar-refractivity contribution in [3.05, 3.63) is 0 Å². The van der Waals surface area contributed by atoms with Gasteiger partial charge in [0.25, 0.3) is 0 Å². The molecule has 0 aromatic heterocycles. The van der Waals surface area contributed by atoms with Crippen molar-refractivity contribution in [2.24, 2.45) is 17.8 Å². The highest BCUT2D eigenvalue weighted by molar-refractivity contribution is 5.79. The average molecular weight is 268 g/mol. The molecule has 4 heteroatoms. The molecule has 1 heterocycles. The number of hydrogen-bond acceptors (Lipinski definition) is 3. The molecule has 1 saturated carbocycles. The van der Waals surface area contributed by atoms with Crippen LogP contribution in [0.4, 0.5) is 0 Å². The van der Waals surface area contributed by atoms with Crippen molar-refractivity contribution in [3.8, 4) is 0 Å². The molecule has 0 radical (unpaired) electrons. The molecule has 2 aliphatic rings. The van der Waals surface area contributed by atoms with Crippen molar-refractivity contribution in [1.82, 2.24) is 10.6 Å². The lowest BCUT2D eigenvalue weighted by Crippen LogP contribution is -2.44. The maximum Gasteiger partial charge on any atom is 0.227 e. The topological polar surface area (TPSA) is 50.4 Å². The van der Waals surface area contributed by atoms with Crippen molar-refractivity contribution in [3.63, 3.8) is 0 Å². The monoisotopic (exact) mass is 268 g/mol. The minimum atomic E-state index is -0.0167. The van der Waals surface area contributed by atoms with Gasteiger partial charge < -0.3 is 15.4 Å². The number of rotatable bonds is 5. The molecule has 1 aliphatic carbocycles. The summed E-state index contributed by atoms with van der Waals surface area (Å²) in [5.41, 5.74) is 0. The second kappa shape index (κ2) is 7.25. The van der Waals surface area contributed by atoms with E-state index in [4.69, 9.17) is 4.74 Å². The van der Waals surface area contributed by atoms with Gasteiger partial charge in [0.1, 0.15) is 0 Å².